The van der Waals surface area contributed by atoms with Crippen LogP contribution in [0.4, 0.5) is 0 Å². The summed E-state index contributed by atoms with van der Waals surface area (Å²) in [4.78, 5) is 11.9. The molecule has 0 amide bonds. The van der Waals surface area contributed by atoms with E-state index in [9.17, 15) is 18.3 Å². The number of carbonyl (C=O) groups is 1. The number of aromatic nitrogens is 2. The molecule has 1 aromatic heterocycles. The number of aliphatic carboxylic acids is 1. The maximum atomic E-state index is 13.1. The quantitative estimate of drug-likeness (QED) is 0.862. The molecule has 142 valence electrons. The Kier molecular flexibility index (Phi) is 4.83. The lowest BCUT2D eigenvalue weighted by Gasteiger charge is -2.38. The fourth-order valence-electron chi connectivity index (χ4n) is 3.66. The molecular weight excluding hydrogens is 354 g/mol. The Bertz CT molecular complexity index is 935. The molecule has 0 spiro atoms. The molecule has 1 aliphatic heterocycles. The SMILES string of the molecule is CCC1(C(=O)O)CCCN(S(=O)(=O)c2ccc3c(cnn3C(C)C)c2)C1. The van der Waals surface area contributed by atoms with E-state index in [1.807, 2.05) is 18.5 Å². The summed E-state index contributed by atoms with van der Waals surface area (Å²) >= 11 is 0. The van der Waals surface area contributed by atoms with E-state index in [-0.39, 0.29) is 17.5 Å². The van der Waals surface area contributed by atoms with Crippen LogP contribution in [0.1, 0.15) is 46.1 Å². The van der Waals surface area contributed by atoms with Crippen molar-refractivity contribution in [3.8, 4) is 0 Å². The minimum atomic E-state index is -3.75. The fourth-order valence-corrected chi connectivity index (χ4v) is 5.26. The summed E-state index contributed by atoms with van der Waals surface area (Å²) in [5.74, 6) is -0.923. The Labute approximate surface area is 153 Å². The smallest absolute Gasteiger partial charge is 0.310 e. The third kappa shape index (κ3) is 3.01. The van der Waals surface area contributed by atoms with Crippen molar-refractivity contribution < 1.29 is 18.3 Å². The Morgan fingerprint density at radius 2 is 2.12 bits per heavy atom. The lowest BCUT2D eigenvalue weighted by Crippen LogP contribution is -2.49. The van der Waals surface area contributed by atoms with Gasteiger partial charge in [-0.15, -0.1) is 0 Å². The van der Waals surface area contributed by atoms with Gasteiger partial charge >= 0.3 is 5.97 Å². The van der Waals surface area contributed by atoms with E-state index in [0.717, 1.165) is 10.9 Å². The van der Waals surface area contributed by atoms with E-state index in [1.165, 1.54) is 4.31 Å². The molecule has 7 nitrogen and oxygen atoms in total. The molecule has 1 fully saturated rings. The third-order valence-electron chi connectivity index (χ3n) is 5.37. The normalized spacial score (nSPS) is 22.2. The highest BCUT2D eigenvalue weighted by Crippen LogP contribution is 2.36. The van der Waals surface area contributed by atoms with Gasteiger partial charge in [0.2, 0.25) is 10.0 Å². The van der Waals surface area contributed by atoms with Crippen molar-refractivity contribution in [1.29, 1.82) is 0 Å². The van der Waals surface area contributed by atoms with Crippen LogP contribution in [-0.4, -0.2) is 46.7 Å². The van der Waals surface area contributed by atoms with Gasteiger partial charge in [-0.2, -0.15) is 9.40 Å². The van der Waals surface area contributed by atoms with Crippen LogP contribution in [-0.2, 0) is 14.8 Å². The van der Waals surface area contributed by atoms with E-state index < -0.39 is 21.4 Å². The van der Waals surface area contributed by atoms with Gasteiger partial charge in [0.25, 0.3) is 0 Å². The number of piperidine rings is 1. The van der Waals surface area contributed by atoms with Crippen LogP contribution in [0.25, 0.3) is 10.9 Å². The molecule has 2 aromatic rings. The molecule has 0 bridgehead atoms. The fraction of sp³-hybridized carbons (Fsp3) is 0.556. The van der Waals surface area contributed by atoms with Crippen molar-refractivity contribution in [2.45, 2.75) is 51.0 Å². The molecule has 1 saturated heterocycles. The summed E-state index contributed by atoms with van der Waals surface area (Å²) in [5, 5.41) is 14.7. The number of fused-ring (bicyclic) bond motifs is 1. The zero-order valence-corrected chi connectivity index (χ0v) is 16.2. The average Bonchev–Trinajstić information content (AvgIpc) is 3.05. The molecule has 1 unspecified atom stereocenters. The number of nitrogens with zero attached hydrogens (tertiary/aromatic N) is 3. The van der Waals surface area contributed by atoms with Crippen molar-refractivity contribution in [2.24, 2.45) is 5.41 Å². The van der Waals surface area contributed by atoms with Crippen molar-refractivity contribution in [2.75, 3.05) is 13.1 Å². The molecule has 0 radical (unpaired) electrons. The van der Waals surface area contributed by atoms with E-state index in [2.05, 4.69) is 5.10 Å². The van der Waals surface area contributed by atoms with Gasteiger partial charge in [-0.25, -0.2) is 8.42 Å². The van der Waals surface area contributed by atoms with Crippen LogP contribution >= 0.6 is 0 Å². The van der Waals surface area contributed by atoms with Gasteiger partial charge in [0.05, 0.1) is 22.0 Å². The predicted molar refractivity (Wildman–Crippen MR) is 98.5 cm³/mol. The molecule has 1 N–H and O–H groups in total. The van der Waals surface area contributed by atoms with Crippen LogP contribution < -0.4 is 0 Å². The van der Waals surface area contributed by atoms with Crippen molar-refractivity contribution in [3.63, 3.8) is 0 Å². The molecule has 8 heteroatoms. The Balaban J connectivity index is 1.97. The molecular formula is C18H25N3O4S. The van der Waals surface area contributed by atoms with Gasteiger partial charge in [-0.1, -0.05) is 6.92 Å². The van der Waals surface area contributed by atoms with Crippen molar-refractivity contribution >= 4 is 26.9 Å². The van der Waals surface area contributed by atoms with E-state index in [0.29, 0.717) is 25.8 Å². The zero-order chi connectivity index (χ0) is 19.1. The van der Waals surface area contributed by atoms with Crippen LogP contribution in [0.5, 0.6) is 0 Å². The van der Waals surface area contributed by atoms with Gasteiger partial charge < -0.3 is 5.11 Å². The molecule has 1 aromatic carbocycles. The molecule has 3 rings (SSSR count). The van der Waals surface area contributed by atoms with Crippen LogP contribution in [0, 0.1) is 5.41 Å². The Morgan fingerprint density at radius 1 is 1.38 bits per heavy atom. The number of rotatable bonds is 5. The summed E-state index contributed by atoms with van der Waals surface area (Å²) in [7, 11) is -3.75. The van der Waals surface area contributed by atoms with E-state index in [4.69, 9.17) is 0 Å². The van der Waals surface area contributed by atoms with E-state index in [1.54, 1.807) is 31.3 Å². The first-order valence-corrected chi connectivity index (χ1v) is 10.4. The highest BCUT2D eigenvalue weighted by atomic mass is 32.2. The minimum absolute atomic E-state index is 0.0183. The maximum Gasteiger partial charge on any atom is 0.310 e. The Morgan fingerprint density at radius 3 is 2.73 bits per heavy atom. The van der Waals surface area contributed by atoms with Gasteiger partial charge in [0.1, 0.15) is 0 Å². The van der Waals surface area contributed by atoms with E-state index >= 15 is 0 Å². The van der Waals surface area contributed by atoms with Crippen LogP contribution in [0.2, 0.25) is 0 Å². The average molecular weight is 379 g/mol. The lowest BCUT2D eigenvalue weighted by molar-refractivity contribution is -0.151. The minimum Gasteiger partial charge on any atom is -0.481 e. The number of hydrogen-bond donors (Lipinski definition) is 1. The largest absolute Gasteiger partial charge is 0.481 e. The van der Waals surface area contributed by atoms with Crippen molar-refractivity contribution in [1.82, 2.24) is 14.1 Å². The van der Waals surface area contributed by atoms with Crippen LogP contribution in [0.15, 0.2) is 29.3 Å². The monoisotopic (exact) mass is 379 g/mol. The first-order chi connectivity index (χ1) is 12.2. The third-order valence-corrected chi connectivity index (χ3v) is 7.21. The first kappa shape index (κ1) is 18.8. The van der Waals surface area contributed by atoms with Crippen molar-refractivity contribution in [3.05, 3.63) is 24.4 Å². The maximum absolute atomic E-state index is 13.1. The highest BCUT2D eigenvalue weighted by molar-refractivity contribution is 7.89. The first-order valence-electron chi connectivity index (χ1n) is 8.92. The molecule has 26 heavy (non-hydrogen) atoms. The molecule has 0 saturated carbocycles. The molecule has 1 atom stereocenters. The van der Waals surface area contributed by atoms with Gasteiger partial charge in [0.15, 0.2) is 0 Å². The number of benzene rings is 1. The summed E-state index contributed by atoms with van der Waals surface area (Å²) in [6.45, 7) is 6.20. The second-order valence-electron chi connectivity index (χ2n) is 7.28. The number of carboxylic acids is 1. The molecule has 2 heterocycles. The lowest BCUT2D eigenvalue weighted by atomic mass is 9.78. The van der Waals surface area contributed by atoms with Gasteiger partial charge in [-0.05, 0) is 51.3 Å². The number of hydrogen-bond acceptors (Lipinski definition) is 4. The second-order valence-corrected chi connectivity index (χ2v) is 9.22. The Hall–Kier alpha value is -1.93. The predicted octanol–water partition coefficient (Wildman–Crippen LogP) is 2.88. The molecule has 0 aliphatic carbocycles. The summed E-state index contributed by atoms with van der Waals surface area (Å²) < 4.78 is 29.4. The number of carboxylic acid groups (broad SMARTS) is 1. The standard InChI is InChI=1S/C18H25N3O4S/c1-4-18(17(22)23)8-5-9-20(12-18)26(24,25)15-6-7-16-14(10-15)11-19-21(16)13(2)3/h6-7,10-11,13H,4-5,8-9,12H2,1-3H3,(H,22,23). The topological polar surface area (TPSA) is 92.5 Å². The molecule has 1 aliphatic rings. The van der Waals surface area contributed by atoms with Crippen LogP contribution in [0.3, 0.4) is 0 Å². The highest BCUT2D eigenvalue weighted by Gasteiger charge is 2.44. The van der Waals surface area contributed by atoms with Gasteiger partial charge in [0, 0.05) is 24.5 Å². The second kappa shape index (κ2) is 6.66. The summed E-state index contributed by atoms with van der Waals surface area (Å²) in [5.41, 5.74) is -0.121. The number of sulfonamides is 1. The van der Waals surface area contributed by atoms with Gasteiger partial charge in [-0.3, -0.25) is 9.48 Å². The summed E-state index contributed by atoms with van der Waals surface area (Å²) in [6, 6.07) is 5.15. The summed E-state index contributed by atoms with van der Waals surface area (Å²) in [6.07, 6.45) is 3.13. The zero-order valence-electron chi connectivity index (χ0n) is 15.3.